The van der Waals surface area contributed by atoms with E-state index in [9.17, 15) is 4.79 Å². The van der Waals surface area contributed by atoms with E-state index >= 15 is 0 Å². The van der Waals surface area contributed by atoms with Gasteiger partial charge in [-0.3, -0.25) is 0 Å². The number of hydrogen-bond donors (Lipinski definition) is 2. The predicted molar refractivity (Wildman–Crippen MR) is 43.3 cm³/mol. The zero-order chi connectivity index (χ0) is 9.42. The molecule has 1 atom stereocenters. The van der Waals surface area contributed by atoms with Gasteiger partial charge < -0.3 is 19.6 Å². The number of aromatic amines is 1. The molecule has 1 unspecified atom stereocenters. The van der Waals surface area contributed by atoms with Gasteiger partial charge in [0, 0.05) is 6.20 Å². The van der Waals surface area contributed by atoms with E-state index in [1.54, 1.807) is 0 Å². The summed E-state index contributed by atoms with van der Waals surface area (Å²) in [5, 5.41) is 8.73. The highest BCUT2D eigenvalue weighted by molar-refractivity contribution is 5.90. The van der Waals surface area contributed by atoms with Gasteiger partial charge in [0.2, 0.25) is 0 Å². The number of aromatic carboxylic acids is 1. The van der Waals surface area contributed by atoms with Crippen LogP contribution in [0.15, 0.2) is 6.20 Å². The fraction of sp³-hybridized carbons (Fsp3) is 0.375. The van der Waals surface area contributed by atoms with Crippen molar-refractivity contribution in [2.24, 2.45) is 0 Å². The summed E-state index contributed by atoms with van der Waals surface area (Å²) in [6, 6.07) is 0. The van der Waals surface area contributed by atoms with Crippen LogP contribution in [0.3, 0.4) is 0 Å². The van der Waals surface area contributed by atoms with Gasteiger partial charge in [-0.25, -0.2) is 4.79 Å². The molecule has 0 saturated carbocycles. The Morgan fingerprint density at radius 3 is 3.23 bits per heavy atom. The number of carbonyl (C=O) groups is 1. The summed E-state index contributed by atoms with van der Waals surface area (Å²) >= 11 is 0. The van der Waals surface area contributed by atoms with Gasteiger partial charge >= 0.3 is 5.97 Å². The normalized spacial score (nSPS) is 19.9. The number of aromatic nitrogens is 1. The van der Waals surface area contributed by atoms with Crippen molar-refractivity contribution in [1.82, 2.24) is 4.98 Å². The summed E-state index contributed by atoms with van der Waals surface area (Å²) in [5.74, 6) is -0.277. The minimum atomic E-state index is -1.04. The zero-order valence-corrected chi connectivity index (χ0v) is 7.03. The lowest BCUT2D eigenvalue weighted by Crippen LogP contribution is -2.25. The molecular weight excluding hydrogens is 174 g/mol. The molecule has 5 heteroatoms. The molecule has 0 fully saturated rings. The molecule has 0 saturated heterocycles. The average molecular weight is 183 g/mol. The van der Waals surface area contributed by atoms with Gasteiger partial charge in [-0.05, 0) is 6.92 Å². The highest BCUT2D eigenvalue weighted by atomic mass is 16.6. The summed E-state index contributed by atoms with van der Waals surface area (Å²) in [6.07, 6.45) is 1.46. The Hall–Kier alpha value is -1.65. The third-order valence-electron chi connectivity index (χ3n) is 1.80. The van der Waals surface area contributed by atoms with Crippen molar-refractivity contribution in [2.75, 3.05) is 6.61 Å². The second-order valence-electron chi connectivity index (χ2n) is 2.90. The van der Waals surface area contributed by atoms with E-state index in [0.717, 1.165) is 0 Å². The quantitative estimate of drug-likeness (QED) is 0.677. The van der Waals surface area contributed by atoms with Crippen LogP contribution in [0.4, 0.5) is 0 Å². The van der Waals surface area contributed by atoms with Crippen LogP contribution in [-0.2, 0) is 0 Å². The SMILES string of the molecule is CC1COc2c(c[nH]c2C(=O)O)O1. The standard InChI is InChI=1S/C8H9NO4/c1-4-3-12-7-5(13-4)2-9-6(7)8(10)11/h2,4,9H,3H2,1H3,(H,10,11). The Balaban J connectivity index is 2.39. The minimum absolute atomic E-state index is 0.0371. The number of nitrogens with one attached hydrogen (secondary N) is 1. The number of fused-ring (bicyclic) bond motifs is 1. The first-order chi connectivity index (χ1) is 6.18. The molecule has 0 amide bonds. The number of hydrogen-bond acceptors (Lipinski definition) is 3. The number of rotatable bonds is 1. The molecule has 1 aliphatic rings. The Morgan fingerprint density at radius 2 is 2.54 bits per heavy atom. The number of ether oxygens (including phenoxy) is 2. The van der Waals surface area contributed by atoms with Gasteiger partial charge in [0.25, 0.3) is 0 Å². The van der Waals surface area contributed by atoms with Gasteiger partial charge in [0.1, 0.15) is 12.7 Å². The second kappa shape index (κ2) is 2.69. The molecule has 0 radical (unpaired) electrons. The van der Waals surface area contributed by atoms with E-state index in [-0.39, 0.29) is 11.8 Å². The van der Waals surface area contributed by atoms with Crippen molar-refractivity contribution in [2.45, 2.75) is 13.0 Å². The molecule has 0 aliphatic carbocycles. The van der Waals surface area contributed by atoms with Gasteiger partial charge in [-0.1, -0.05) is 0 Å². The van der Waals surface area contributed by atoms with E-state index in [0.29, 0.717) is 18.1 Å². The van der Waals surface area contributed by atoms with E-state index in [2.05, 4.69) is 4.98 Å². The van der Waals surface area contributed by atoms with Crippen LogP contribution in [0.1, 0.15) is 17.4 Å². The van der Waals surface area contributed by atoms with Crippen LogP contribution in [0, 0.1) is 0 Å². The fourth-order valence-electron chi connectivity index (χ4n) is 1.23. The van der Waals surface area contributed by atoms with Crippen molar-refractivity contribution in [1.29, 1.82) is 0 Å². The maximum atomic E-state index is 10.6. The Morgan fingerprint density at radius 1 is 1.77 bits per heavy atom. The van der Waals surface area contributed by atoms with Gasteiger partial charge in [-0.15, -0.1) is 0 Å². The highest BCUT2D eigenvalue weighted by Gasteiger charge is 2.25. The molecule has 1 aromatic rings. The predicted octanol–water partition coefficient (Wildman–Crippen LogP) is 0.873. The number of H-pyrrole nitrogens is 1. The minimum Gasteiger partial charge on any atom is -0.483 e. The summed E-state index contributed by atoms with van der Waals surface area (Å²) in [6.45, 7) is 2.24. The molecule has 2 N–H and O–H groups in total. The second-order valence-corrected chi connectivity index (χ2v) is 2.90. The lowest BCUT2D eigenvalue weighted by Gasteiger charge is -2.21. The molecule has 2 heterocycles. The van der Waals surface area contributed by atoms with Crippen LogP contribution in [0.2, 0.25) is 0 Å². The first-order valence-corrected chi connectivity index (χ1v) is 3.92. The smallest absolute Gasteiger partial charge is 0.356 e. The zero-order valence-electron chi connectivity index (χ0n) is 7.03. The molecule has 0 spiro atoms. The van der Waals surface area contributed by atoms with Crippen molar-refractivity contribution in [3.05, 3.63) is 11.9 Å². The summed E-state index contributed by atoms with van der Waals surface area (Å²) in [4.78, 5) is 13.2. The van der Waals surface area contributed by atoms with Gasteiger partial charge in [0.05, 0.1) is 0 Å². The van der Waals surface area contributed by atoms with E-state index < -0.39 is 5.97 Å². The van der Waals surface area contributed by atoms with Crippen LogP contribution in [-0.4, -0.2) is 28.8 Å². The molecule has 1 aromatic heterocycles. The Labute approximate surface area is 74.3 Å². The van der Waals surface area contributed by atoms with Crippen LogP contribution in [0.25, 0.3) is 0 Å². The largest absolute Gasteiger partial charge is 0.483 e. The van der Waals surface area contributed by atoms with Crippen LogP contribution < -0.4 is 9.47 Å². The fourth-order valence-corrected chi connectivity index (χ4v) is 1.23. The molecule has 1 aliphatic heterocycles. The topological polar surface area (TPSA) is 71.6 Å². The maximum absolute atomic E-state index is 10.6. The van der Waals surface area contributed by atoms with Crippen LogP contribution >= 0.6 is 0 Å². The van der Waals surface area contributed by atoms with Crippen molar-refractivity contribution < 1.29 is 19.4 Å². The molecule has 2 rings (SSSR count). The highest BCUT2D eigenvalue weighted by Crippen LogP contribution is 2.34. The third kappa shape index (κ3) is 1.22. The van der Waals surface area contributed by atoms with Gasteiger partial charge in [-0.2, -0.15) is 0 Å². The molecule has 0 bridgehead atoms. The first kappa shape index (κ1) is 7.97. The number of carboxylic acids is 1. The summed E-state index contributed by atoms with van der Waals surface area (Å²) in [7, 11) is 0. The van der Waals surface area contributed by atoms with Gasteiger partial charge in [0.15, 0.2) is 17.2 Å². The van der Waals surface area contributed by atoms with Crippen molar-refractivity contribution in [3.8, 4) is 11.5 Å². The van der Waals surface area contributed by atoms with E-state index in [4.69, 9.17) is 14.6 Å². The Bertz CT molecular complexity index is 344. The van der Waals surface area contributed by atoms with E-state index in [1.165, 1.54) is 6.20 Å². The molecule has 0 aromatic carbocycles. The average Bonchev–Trinajstić information content (AvgIpc) is 2.46. The molecule has 70 valence electrons. The summed E-state index contributed by atoms with van der Waals surface area (Å²) < 4.78 is 10.6. The van der Waals surface area contributed by atoms with E-state index in [1.807, 2.05) is 6.92 Å². The van der Waals surface area contributed by atoms with Crippen molar-refractivity contribution >= 4 is 5.97 Å². The first-order valence-electron chi connectivity index (χ1n) is 3.92. The molecule has 5 nitrogen and oxygen atoms in total. The number of carboxylic acid groups (broad SMARTS) is 1. The van der Waals surface area contributed by atoms with Crippen molar-refractivity contribution in [3.63, 3.8) is 0 Å². The molecular formula is C8H9NO4. The van der Waals surface area contributed by atoms with Crippen LogP contribution in [0.5, 0.6) is 11.5 Å². The monoisotopic (exact) mass is 183 g/mol. The summed E-state index contributed by atoms with van der Waals surface area (Å²) in [5.41, 5.74) is 0.0434. The maximum Gasteiger partial charge on any atom is 0.356 e. The molecule has 13 heavy (non-hydrogen) atoms. The lowest BCUT2D eigenvalue weighted by molar-refractivity contribution is 0.0670. The third-order valence-corrected chi connectivity index (χ3v) is 1.80. The Kier molecular flexibility index (Phi) is 1.65. The lowest BCUT2D eigenvalue weighted by atomic mass is 10.3.